The average Bonchev–Trinajstić information content (AvgIpc) is 2.79. The minimum absolute atomic E-state index is 0.172. The quantitative estimate of drug-likeness (QED) is 0.862. The van der Waals surface area contributed by atoms with Crippen LogP contribution in [0.2, 0.25) is 0 Å². The van der Waals surface area contributed by atoms with Crippen LogP contribution in [0.5, 0.6) is 11.5 Å². The summed E-state index contributed by atoms with van der Waals surface area (Å²) in [6, 6.07) is 5.71. The summed E-state index contributed by atoms with van der Waals surface area (Å²) in [7, 11) is 3.21. The van der Waals surface area contributed by atoms with Crippen molar-refractivity contribution in [2.75, 3.05) is 27.3 Å². The lowest BCUT2D eigenvalue weighted by atomic mass is 10.1. The number of benzene rings is 1. The number of hydrogen-bond donors (Lipinski definition) is 1. The van der Waals surface area contributed by atoms with Crippen molar-refractivity contribution in [1.29, 1.82) is 0 Å². The van der Waals surface area contributed by atoms with E-state index in [4.69, 9.17) is 15.2 Å². The van der Waals surface area contributed by atoms with Crippen molar-refractivity contribution in [3.05, 3.63) is 23.8 Å². The van der Waals surface area contributed by atoms with Crippen molar-refractivity contribution in [1.82, 2.24) is 4.90 Å². The Balaban J connectivity index is 2.09. The molecule has 1 aromatic carbocycles. The molecule has 1 amide bonds. The van der Waals surface area contributed by atoms with E-state index in [2.05, 4.69) is 0 Å². The van der Waals surface area contributed by atoms with E-state index in [1.165, 1.54) is 0 Å². The summed E-state index contributed by atoms with van der Waals surface area (Å²) in [6.07, 6.45) is 0.559. The summed E-state index contributed by atoms with van der Waals surface area (Å²) < 4.78 is 10.5. The first-order valence-electron chi connectivity index (χ1n) is 6.36. The van der Waals surface area contributed by atoms with Gasteiger partial charge in [0.1, 0.15) is 0 Å². The predicted molar refractivity (Wildman–Crippen MR) is 72.1 cm³/mol. The highest BCUT2D eigenvalue weighted by molar-refractivity contribution is 5.78. The zero-order chi connectivity index (χ0) is 13.8. The number of ether oxygens (including phenoxy) is 2. The maximum absolute atomic E-state index is 11.8. The zero-order valence-electron chi connectivity index (χ0n) is 11.4. The van der Waals surface area contributed by atoms with Crippen LogP contribution < -0.4 is 15.2 Å². The molecule has 0 radical (unpaired) electrons. The topological polar surface area (TPSA) is 64.8 Å². The summed E-state index contributed by atoms with van der Waals surface area (Å²) in [4.78, 5) is 13.7. The third-order valence-electron chi connectivity index (χ3n) is 3.45. The second-order valence-corrected chi connectivity index (χ2v) is 4.77. The first-order valence-corrected chi connectivity index (χ1v) is 6.36. The highest BCUT2D eigenvalue weighted by Gasteiger charge is 2.28. The fourth-order valence-corrected chi connectivity index (χ4v) is 2.36. The zero-order valence-corrected chi connectivity index (χ0v) is 11.4. The molecule has 2 rings (SSSR count). The van der Waals surface area contributed by atoms with Gasteiger partial charge in [-0.1, -0.05) is 6.07 Å². The molecule has 1 fully saturated rings. The lowest BCUT2D eigenvalue weighted by molar-refractivity contribution is -0.128. The van der Waals surface area contributed by atoms with Crippen LogP contribution in [0, 0.1) is 5.92 Å². The third kappa shape index (κ3) is 2.98. The molecule has 1 unspecified atom stereocenters. The van der Waals surface area contributed by atoms with E-state index in [-0.39, 0.29) is 11.8 Å². The second kappa shape index (κ2) is 5.93. The number of likely N-dealkylation sites (tertiary alicyclic amines) is 1. The SMILES string of the molecule is COc1ccc(CN2CC(CN)CC2=O)cc1OC. The van der Waals surface area contributed by atoms with E-state index in [9.17, 15) is 4.79 Å². The summed E-state index contributed by atoms with van der Waals surface area (Å²) in [5.41, 5.74) is 6.65. The van der Waals surface area contributed by atoms with E-state index in [1.807, 2.05) is 23.1 Å². The molecule has 0 bridgehead atoms. The fourth-order valence-electron chi connectivity index (χ4n) is 2.36. The maximum atomic E-state index is 11.8. The Labute approximate surface area is 113 Å². The van der Waals surface area contributed by atoms with Gasteiger partial charge in [0.05, 0.1) is 14.2 Å². The fraction of sp³-hybridized carbons (Fsp3) is 0.500. The van der Waals surface area contributed by atoms with Crippen molar-refractivity contribution in [2.24, 2.45) is 11.7 Å². The number of nitrogens with two attached hydrogens (primary N) is 1. The molecule has 1 heterocycles. The van der Waals surface area contributed by atoms with E-state index >= 15 is 0 Å². The molecule has 0 aliphatic carbocycles. The molecule has 1 aliphatic heterocycles. The number of methoxy groups -OCH3 is 2. The molecule has 1 aliphatic rings. The van der Waals surface area contributed by atoms with Gasteiger partial charge in [0.25, 0.3) is 0 Å². The monoisotopic (exact) mass is 264 g/mol. The summed E-state index contributed by atoms with van der Waals surface area (Å²) in [6.45, 7) is 1.90. The van der Waals surface area contributed by atoms with Crippen molar-refractivity contribution in [3.63, 3.8) is 0 Å². The van der Waals surface area contributed by atoms with Gasteiger partial charge in [-0.15, -0.1) is 0 Å². The third-order valence-corrected chi connectivity index (χ3v) is 3.45. The molecule has 0 spiro atoms. The van der Waals surface area contributed by atoms with Gasteiger partial charge in [-0.05, 0) is 30.2 Å². The average molecular weight is 264 g/mol. The molecule has 5 nitrogen and oxygen atoms in total. The molecule has 1 aromatic rings. The number of hydrogen-bond acceptors (Lipinski definition) is 4. The van der Waals surface area contributed by atoms with Crippen molar-refractivity contribution in [2.45, 2.75) is 13.0 Å². The minimum atomic E-state index is 0.172. The second-order valence-electron chi connectivity index (χ2n) is 4.77. The molecule has 104 valence electrons. The molecule has 19 heavy (non-hydrogen) atoms. The Morgan fingerprint density at radius 1 is 1.32 bits per heavy atom. The van der Waals surface area contributed by atoms with Crippen LogP contribution in [-0.4, -0.2) is 38.1 Å². The van der Waals surface area contributed by atoms with Crippen LogP contribution in [0.3, 0.4) is 0 Å². The standard InChI is InChI=1S/C14H20N2O3/c1-18-12-4-3-10(5-13(12)19-2)8-16-9-11(7-15)6-14(16)17/h3-5,11H,6-9,15H2,1-2H3. The summed E-state index contributed by atoms with van der Waals surface area (Å²) in [5, 5.41) is 0. The Kier molecular flexibility index (Phi) is 4.27. The predicted octanol–water partition coefficient (Wildman–Crippen LogP) is 1.01. The van der Waals surface area contributed by atoms with Gasteiger partial charge in [-0.25, -0.2) is 0 Å². The van der Waals surface area contributed by atoms with Crippen LogP contribution in [-0.2, 0) is 11.3 Å². The number of rotatable bonds is 5. The molecule has 5 heteroatoms. The molecule has 1 atom stereocenters. The molecule has 0 aromatic heterocycles. The number of carbonyl (C=O) groups is 1. The van der Waals surface area contributed by atoms with Crippen LogP contribution in [0.25, 0.3) is 0 Å². The van der Waals surface area contributed by atoms with Crippen LogP contribution in [0.15, 0.2) is 18.2 Å². The molecular formula is C14H20N2O3. The first-order chi connectivity index (χ1) is 9.17. The van der Waals surface area contributed by atoms with Gasteiger partial charge in [0, 0.05) is 19.5 Å². The lowest BCUT2D eigenvalue weighted by Gasteiger charge is -2.17. The lowest BCUT2D eigenvalue weighted by Crippen LogP contribution is -2.25. The Hall–Kier alpha value is -1.75. The molecular weight excluding hydrogens is 244 g/mol. The van der Waals surface area contributed by atoms with Crippen LogP contribution >= 0.6 is 0 Å². The van der Waals surface area contributed by atoms with Crippen molar-refractivity contribution in [3.8, 4) is 11.5 Å². The van der Waals surface area contributed by atoms with Crippen LogP contribution in [0.1, 0.15) is 12.0 Å². The van der Waals surface area contributed by atoms with Gasteiger partial charge >= 0.3 is 0 Å². The highest BCUT2D eigenvalue weighted by atomic mass is 16.5. The highest BCUT2D eigenvalue weighted by Crippen LogP contribution is 2.29. The van der Waals surface area contributed by atoms with E-state index in [1.54, 1.807) is 14.2 Å². The normalized spacial score (nSPS) is 18.8. The molecule has 1 saturated heterocycles. The van der Waals surface area contributed by atoms with Gasteiger partial charge in [0.15, 0.2) is 11.5 Å². The molecule has 0 saturated carbocycles. The number of carbonyl (C=O) groups excluding carboxylic acids is 1. The van der Waals surface area contributed by atoms with Crippen molar-refractivity contribution < 1.29 is 14.3 Å². The first kappa shape index (κ1) is 13.7. The van der Waals surface area contributed by atoms with Gasteiger partial charge < -0.3 is 20.1 Å². The van der Waals surface area contributed by atoms with E-state index < -0.39 is 0 Å². The van der Waals surface area contributed by atoms with Gasteiger partial charge in [0.2, 0.25) is 5.91 Å². The Morgan fingerprint density at radius 2 is 2.05 bits per heavy atom. The largest absolute Gasteiger partial charge is 0.493 e. The molecule has 2 N–H and O–H groups in total. The number of amides is 1. The van der Waals surface area contributed by atoms with Gasteiger partial charge in [-0.2, -0.15) is 0 Å². The minimum Gasteiger partial charge on any atom is -0.493 e. The maximum Gasteiger partial charge on any atom is 0.223 e. The van der Waals surface area contributed by atoms with Gasteiger partial charge in [-0.3, -0.25) is 4.79 Å². The van der Waals surface area contributed by atoms with Crippen molar-refractivity contribution >= 4 is 5.91 Å². The smallest absolute Gasteiger partial charge is 0.223 e. The van der Waals surface area contributed by atoms with E-state index in [0.29, 0.717) is 31.0 Å². The Bertz CT molecular complexity index is 462. The Morgan fingerprint density at radius 3 is 2.63 bits per heavy atom. The van der Waals surface area contributed by atoms with Crippen LogP contribution in [0.4, 0.5) is 0 Å². The summed E-state index contributed by atoms with van der Waals surface area (Å²) in [5.74, 6) is 1.83. The van der Waals surface area contributed by atoms with E-state index in [0.717, 1.165) is 12.1 Å². The number of nitrogens with zero attached hydrogens (tertiary/aromatic N) is 1. The summed E-state index contributed by atoms with van der Waals surface area (Å²) >= 11 is 0.